The molecule has 0 saturated heterocycles. The van der Waals surface area contributed by atoms with E-state index in [2.05, 4.69) is 35.2 Å². The molecule has 0 unspecified atom stereocenters. The van der Waals surface area contributed by atoms with Crippen LogP contribution in [0.2, 0.25) is 5.02 Å². The van der Waals surface area contributed by atoms with Crippen molar-refractivity contribution in [1.82, 2.24) is 4.57 Å². The first-order chi connectivity index (χ1) is 11.1. The van der Waals surface area contributed by atoms with E-state index >= 15 is 0 Å². The number of aliphatic imine (C=N–C) groups is 1. The van der Waals surface area contributed by atoms with E-state index in [0.29, 0.717) is 0 Å². The summed E-state index contributed by atoms with van der Waals surface area (Å²) in [5.74, 6) is 0. The molecule has 0 aliphatic heterocycles. The van der Waals surface area contributed by atoms with Crippen molar-refractivity contribution in [1.29, 1.82) is 0 Å². The van der Waals surface area contributed by atoms with Gasteiger partial charge in [-0.25, -0.2) is 0 Å². The molecule has 0 aliphatic rings. The van der Waals surface area contributed by atoms with Crippen LogP contribution in [0, 0.1) is 0 Å². The second kappa shape index (κ2) is 7.80. The predicted molar refractivity (Wildman–Crippen MR) is 103 cm³/mol. The molecule has 0 radical (unpaired) electrons. The lowest BCUT2D eigenvalue weighted by molar-refractivity contribution is 1.03. The Bertz CT molecular complexity index is 775. The summed E-state index contributed by atoms with van der Waals surface area (Å²) in [4.78, 5) is 4.24. The number of aromatic nitrogens is 1. The van der Waals surface area contributed by atoms with Crippen molar-refractivity contribution in [2.24, 2.45) is 4.99 Å². The van der Waals surface area contributed by atoms with Crippen LogP contribution in [-0.2, 0) is 0 Å². The maximum Gasteiger partial charge on any atom is 0.0528 e. The number of halogens is 1. The van der Waals surface area contributed by atoms with Crippen molar-refractivity contribution in [3.8, 4) is 5.69 Å². The molecule has 1 heterocycles. The van der Waals surface area contributed by atoms with Gasteiger partial charge >= 0.3 is 0 Å². The van der Waals surface area contributed by atoms with Gasteiger partial charge in [0.2, 0.25) is 0 Å². The number of allylic oxidation sites excluding steroid dienone is 2. The predicted octanol–water partition coefficient (Wildman–Crippen LogP) is 6.26. The van der Waals surface area contributed by atoms with Crippen LogP contribution in [-0.4, -0.2) is 10.8 Å². The first-order valence-electron chi connectivity index (χ1n) is 7.54. The fraction of sp³-hybridized carbons (Fsp3) is 0.150. The Morgan fingerprint density at radius 2 is 1.91 bits per heavy atom. The van der Waals surface area contributed by atoms with Crippen molar-refractivity contribution in [2.75, 3.05) is 0 Å². The average molecular weight is 325 g/mol. The standard InChI is InChI=1S/C20H21ClN2/c1-5-8-16-13-20(15(4)14-22-7-3)23(19(16)6-2)18-11-9-17(21)10-12-18/h5-14H,2H2,1,3-4H3/b8-5-,15-14+,22-7?. The molecule has 2 nitrogen and oxygen atoms in total. The molecule has 0 N–H and O–H groups in total. The van der Waals surface area contributed by atoms with Crippen LogP contribution in [0.1, 0.15) is 37.7 Å². The highest BCUT2D eigenvalue weighted by Crippen LogP contribution is 2.29. The molecular formula is C20H21ClN2. The van der Waals surface area contributed by atoms with Gasteiger partial charge in [-0.05, 0) is 62.8 Å². The van der Waals surface area contributed by atoms with Crippen LogP contribution in [0.5, 0.6) is 0 Å². The maximum atomic E-state index is 6.03. The summed E-state index contributed by atoms with van der Waals surface area (Å²) in [7, 11) is 0. The monoisotopic (exact) mass is 324 g/mol. The van der Waals surface area contributed by atoms with Gasteiger partial charge in [-0.1, -0.05) is 30.3 Å². The molecule has 3 heteroatoms. The van der Waals surface area contributed by atoms with Gasteiger partial charge in [0, 0.05) is 28.7 Å². The van der Waals surface area contributed by atoms with E-state index < -0.39 is 0 Å². The Labute approximate surface area is 143 Å². The third kappa shape index (κ3) is 3.72. The highest BCUT2D eigenvalue weighted by atomic mass is 35.5. The Morgan fingerprint density at radius 1 is 1.22 bits per heavy atom. The number of nitrogens with zero attached hydrogens (tertiary/aromatic N) is 2. The molecule has 118 valence electrons. The Hall–Kier alpha value is -2.32. The van der Waals surface area contributed by atoms with Gasteiger partial charge in [-0.15, -0.1) is 0 Å². The normalized spacial score (nSPS) is 12.4. The fourth-order valence-corrected chi connectivity index (χ4v) is 2.60. The maximum absolute atomic E-state index is 6.03. The third-order valence-corrected chi connectivity index (χ3v) is 3.77. The highest BCUT2D eigenvalue weighted by molar-refractivity contribution is 6.30. The van der Waals surface area contributed by atoms with E-state index in [-0.39, 0.29) is 0 Å². The Morgan fingerprint density at radius 3 is 2.48 bits per heavy atom. The largest absolute Gasteiger partial charge is 0.310 e. The van der Waals surface area contributed by atoms with Crippen molar-refractivity contribution in [2.45, 2.75) is 20.8 Å². The molecule has 1 aromatic heterocycles. The fourth-order valence-electron chi connectivity index (χ4n) is 2.48. The van der Waals surface area contributed by atoms with Crippen molar-refractivity contribution in [3.63, 3.8) is 0 Å². The highest BCUT2D eigenvalue weighted by Gasteiger charge is 2.14. The van der Waals surface area contributed by atoms with E-state index in [4.69, 9.17) is 11.6 Å². The summed E-state index contributed by atoms with van der Waals surface area (Å²) in [6.07, 6.45) is 9.64. The molecule has 1 aromatic carbocycles. The summed E-state index contributed by atoms with van der Waals surface area (Å²) in [6, 6.07) is 9.96. The summed E-state index contributed by atoms with van der Waals surface area (Å²) in [6.45, 7) is 9.95. The molecule has 23 heavy (non-hydrogen) atoms. The molecule has 0 saturated carbocycles. The van der Waals surface area contributed by atoms with Gasteiger partial charge in [0.25, 0.3) is 0 Å². The van der Waals surface area contributed by atoms with Gasteiger partial charge in [-0.2, -0.15) is 0 Å². The minimum Gasteiger partial charge on any atom is -0.310 e. The second-order valence-corrected chi connectivity index (χ2v) is 5.54. The van der Waals surface area contributed by atoms with E-state index in [1.165, 1.54) is 0 Å². The number of rotatable bonds is 5. The third-order valence-electron chi connectivity index (χ3n) is 3.52. The number of hydrogen-bond acceptors (Lipinski definition) is 1. The Balaban J connectivity index is 2.74. The smallest absolute Gasteiger partial charge is 0.0528 e. The van der Waals surface area contributed by atoms with Crippen LogP contribution in [0.15, 0.2) is 54.2 Å². The van der Waals surface area contributed by atoms with Crippen LogP contribution < -0.4 is 0 Å². The molecule has 2 rings (SSSR count). The lowest BCUT2D eigenvalue weighted by atomic mass is 10.2. The quantitative estimate of drug-likeness (QED) is 0.578. The van der Waals surface area contributed by atoms with Crippen molar-refractivity contribution in [3.05, 3.63) is 71.2 Å². The van der Waals surface area contributed by atoms with Gasteiger partial charge in [0.05, 0.1) is 11.4 Å². The number of benzene rings is 1. The summed E-state index contributed by atoms with van der Waals surface area (Å²) in [5.41, 5.74) is 5.38. The van der Waals surface area contributed by atoms with Gasteiger partial charge < -0.3 is 4.57 Å². The van der Waals surface area contributed by atoms with E-state index in [9.17, 15) is 0 Å². The van der Waals surface area contributed by atoms with Gasteiger partial charge in [-0.3, -0.25) is 4.99 Å². The zero-order valence-electron chi connectivity index (χ0n) is 13.8. The summed E-state index contributed by atoms with van der Waals surface area (Å²) >= 11 is 6.03. The minimum absolute atomic E-state index is 0.721. The molecule has 0 aliphatic carbocycles. The lowest BCUT2D eigenvalue weighted by Crippen LogP contribution is -2.01. The van der Waals surface area contributed by atoms with Crippen LogP contribution >= 0.6 is 11.6 Å². The van der Waals surface area contributed by atoms with Gasteiger partial charge in [0.15, 0.2) is 0 Å². The lowest BCUT2D eigenvalue weighted by Gasteiger charge is -2.12. The first-order valence-corrected chi connectivity index (χ1v) is 7.92. The summed E-state index contributed by atoms with van der Waals surface area (Å²) < 4.78 is 2.18. The van der Waals surface area contributed by atoms with Crippen LogP contribution in [0.25, 0.3) is 23.4 Å². The molecule has 0 spiro atoms. The van der Waals surface area contributed by atoms with Gasteiger partial charge in [0.1, 0.15) is 0 Å². The van der Waals surface area contributed by atoms with Crippen LogP contribution in [0.4, 0.5) is 0 Å². The second-order valence-electron chi connectivity index (χ2n) is 5.11. The topological polar surface area (TPSA) is 17.3 Å². The molecule has 0 amide bonds. The summed E-state index contributed by atoms with van der Waals surface area (Å²) in [5, 5.41) is 0.721. The Kier molecular flexibility index (Phi) is 5.78. The molecule has 0 atom stereocenters. The van der Waals surface area contributed by atoms with Crippen molar-refractivity contribution >= 4 is 35.5 Å². The zero-order chi connectivity index (χ0) is 16.8. The van der Waals surface area contributed by atoms with E-state index in [1.54, 1.807) is 6.21 Å². The molecule has 0 fully saturated rings. The minimum atomic E-state index is 0.721. The number of hydrogen-bond donors (Lipinski definition) is 0. The molecular weight excluding hydrogens is 304 g/mol. The van der Waals surface area contributed by atoms with E-state index in [0.717, 1.165) is 33.2 Å². The average Bonchev–Trinajstić information content (AvgIpc) is 2.92. The van der Waals surface area contributed by atoms with Crippen LogP contribution in [0.3, 0.4) is 0 Å². The zero-order valence-corrected chi connectivity index (χ0v) is 14.5. The van der Waals surface area contributed by atoms with Crippen molar-refractivity contribution < 1.29 is 0 Å². The SMILES string of the molecule is C=Cc1c(/C=C\C)cc(/C(C)=C/N=CC)n1-c1ccc(Cl)cc1. The first kappa shape index (κ1) is 17.0. The van der Waals surface area contributed by atoms with E-state index in [1.807, 2.05) is 56.5 Å². The molecule has 2 aromatic rings. The molecule has 0 bridgehead atoms.